The van der Waals surface area contributed by atoms with Crippen molar-refractivity contribution in [1.82, 2.24) is 4.90 Å². The molecule has 17 heavy (non-hydrogen) atoms. The fourth-order valence-corrected chi connectivity index (χ4v) is 3.48. The molecule has 2 rings (SSSR count). The van der Waals surface area contributed by atoms with E-state index in [1.54, 1.807) is 0 Å². The van der Waals surface area contributed by atoms with E-state index >= 15 is 0 Å². The van der Waals surface area contributed by atoms with E-state index in [0.717, 1.165) is 19.0 Å². The molecule has 1 heterocycles. The molecule has 0 amide bonds. The molecular formula is C15H29NO. The van der Waals surface area contributed by atoms with Crippen LogP contribution in [0.4, 0.5) is 0 Å². The summed E-state index contributed by atoms with van der Waals surface area (Å²) in [5.74, 6) is 0.540. The number of hydrogen-bond acceptors (Lipinski definition) is 2. The monoisotopic (exact) mass is 239 g/mol. The van der Waals surface area contributed by atoms with E-state index in [2.05, 4.69) is 11.8 Å². The lowest BCUT2D eigenvalue weighted by molar-refractivity contribution is 0.0634. The van der Waals surface area contributed by atoms with Gasteiger partial charge in [-0.05, 0) is 45.1 Å². The van der Waals surface area contributed by atoms with Gasteiger partial charge in [-0.1, -0.05) is 32.1 Å². The quantitative estimate of drug-likeness (QED) is 0.748. The van der Waals surface area contributed by atoms with E-state index in [-0.39, 0.29) is 6.10 Å². The highest BCUT2D eigenvalue weighted by atomic mass is 16.3. The molecule has 2 aliphatic rings. The molecule has 2 fully saturated rings. The molecule has 1 saturated heterocycles. The van der Waals surface area contributed by atoms with Crippen molar-refractivity contribution in [2.45, 2.75) is 76.9 Å². The Hall–Kier alpha value is -0.0800. The first-order valence-corrected chi connectivity index (χ1v) is 7.69. The van der Waals surface area contributed by atoms with E-state index in [1.807, 2.05) is 0 Å². The zero-order valence-electron chi connectivity index (χ0n) is 11.4. The fraction of sp³-hybridized carbons (Fsp3) is 1.00. The van der Waals surface area contributed by atoms with E-state index < -0.39 is 0 Å². The number of aliphatic hydroxyl groups is 1. The second kappa shape index (κ2) is 6.75. The van der Waals surface area contributed by atoms with Gasteiger partial charge in [0, 0.05) is 12.6 Å². The number of likely N-dealkylation sites (tertiary alicyclic amines) is 1. The summed E-state index contributed by atoms with van der Waals surface area (Å²) in [6.07, 6.45) is 11.6. The minimum atomic E-state index is -0.0343. The van der Waals surface area contributed by atoms with Crippen molar-refractivity contribution in [3.05, 3.63) is 0 Å². The van der Waals surface area contributed by atoms with Gasteiger partial charge < -0.3 is 10.0 Å². The van der Waals surface area contributed by atoms with Crippen molar-refractivity contribution in [2.24, 2.45) is 5.92 Å². The Labute approximate surface area is 106 Å². The molecule has 0 aromatic rings. The second-order valence-electron chi connectivity index (χ2n) is 6.16. The van der Waals surface area contributed by atoms with Crippen LogP contribution < -0.4 is 0 Å². The third kappa shape index (κ3) is 3.96. The molecule has 0 spiro atoms. The van der Waals surface area contributed by atoms with Crippen molar-refractivity contribution in [1.29, 1.82) is 0 Å². The molecule has 1 saturated carbocycles. The topological polar surface area (TPSA) is 23.5 Å². The summed E-state index contributed by atoms with van der Waals surface area (Å²) in [5, 5.41) is 10.2. The van der Waals surface area contributed by atoms with E-state index in [4.69, 9.17) is 0 Å². The number of hydrogen-bond donors (Lipinski definition) is 1. The minimum Gasteiger partial charge on any atom is -0.393 e. The highest BCUT2D eigenvalue weighted by Crippen LogP contribution is 2.26. The Kier molecular flexibility index (Phi) is 5.30. The standard InChI is InChI=1S/C15H29NO/c1-13-8-4-3-7-11-16(13)12-14-9-5-2-6-10-15(14)17/h13-15,17H,2-12H2,1H3. The van der Waals surface area contributed by atoms with Gasteiger partial charge in [-0.25, -0.2) is 0 Å². The molecule has 0 radical (unpaired) electrons. The molecule has 1 N–H and O–H groups in total. The summed E-state index contributed by atoms with van der Waals surface area (Å²) in [5.41, 5.74) is 0. The summed E-state index contributed by atoms with van der Waals surface area (Å²) < 4.78 is 0. The first kappa shape index (κ1) is 13.4. The number of aliphatic hydroxyl groups excluding tert-OH is 1. The zero-order valence-corrected chi connectivity index (χ0v) is 11.4. The van der Waals surface area contributed by atoms with Crippen LogP contribution in [0.1, 0.15) is 64.7 Å². The largest absolute Gasteiger partial charge is 0.393 e. The Morgan fingerprint density at radius 1 is 0.941 bits per heavy atom. The number of nitrogens with zero attached hydrogens (tertiary/aromatic N) is 1. The Balaban J connectivity index is 1.88. The predicted molar refractivity (Wildman–Crippen MR) is 72.1 cm³/mol. The molecule has 3 unspecified atom stereocenters. The third-order valence-electron chi connectivity index (χ3n) is 4.78. The van der Waals surface area contributed by atoms with Gasteiger partial charge in [0.1, 0.15) is 0 Å². The predicted octanol–water partition coefficient (Wildman–Crippen LogP) is 3.19. The van der Waals surface area contributed by atoms with Crippen LogP contribution in [-0.4, -0.2) is 35.2 Å². The van der Waals surface area contributed by atoms with Gasteiger partial charge in [0.05, 0.1) is 6.10 Å². The lowest BCUT2D eigenvalue weighted by Gasteiger charge is -2.32. The summed E-state index contributed by atoms with van der Waals surface area (Å²) in [4.78, 5) is 2.65. The van der Waals surface area contributed by atoms with E-state index in [1.165, 1.54) is 57.9 Å². The smallest absolute Gasteiger partial charge is 0.0580 e. The molecule has 1 aliphatic carbocycles. The minimum absolute atomic E-state index is 0.0343. The van der Waals surface area contributed by atoms with Crippen LogP contribution in [0.15, 0.2) is 0 Å². The summed E-state index contributed by atoms with van der Waals surface area (Å²) >= 11 is 0. The van der Waals surface area contributed by atoms with Crippen molar-refractivity contribution in [3.8, 4) is 0 Å². The zero-order chi connectivity index (χ0) is 12.1. The lowest BCUT2D eigenvalue weighted by Crippen LogP contribution is -2.39. The Morgan fingerprint density at radius 3 is 2.53 bits per heavy atom. The highest BCUT2D eigenvalue weighted by Gasteiger charge is 2.26. The van der Waals surface area contributed by atoms with Gasteiger partial charge in [0.15, 0.2) is 0 Å². The summed E-state index contributed by atoms with van der Waals surface area (Å²) in [6, 6.07) is 0.730. The van der Waals surface area contributed by atoms with Crippen LogP contribution in [0.3, 0.4) is 0 Å². The summed E-state index contributed by atoms with van der Waals surface area (Å²) in [6.45, 7) is 4.77. The maximum absolute atomic E-state index is 10.2. The van der Waals surface area contributed by atoms with Crippen LogP contribution in [0.2, 0.25) is 0 Å². The Bertz CT molecular complexity index is 197. The third-order valence-corrected chi connectivity index (χ3v) is 4.78. The molecule has 100 valence electrons. The van der Waals surface area contributed by atoms with Gasteiger partial charge in [-0.3, -0.25) is 0 Å². The average molecular weight is 239 g/mol. The normalized spacial score (nSPS) is 37.4. The molecule has 0 bridgehead atoms. The lowest BCUT2D eigenvalue weighted by atomic mass is 9.96. The molecule has 0 aromatic carbocycles. The van der Waals surface area contributed by atoms with Gasteiger partial charge in [-0.2, -0.15) is 0 Å². The van der Waals surface area contributed by atoms with Crippen LogP contribution in [0, 0.1) is 5.92 Å². The fourth-order valence-electron chi connectivity index (χ4n) is 3.48. The van der Waals surface area contributed by atoms with Crippen LogP contribution in [0.5, 0.6) is 0 Å². The van der Waals surface area contributed by atoms with Gasteiger partial charge >= 0.3 is 0 Å². The Morgan fingerprint density at radius 2 is 1.65 bits per heavy atom. The SMILES string of the molecule is CC1CCCCCN1CC1CCCCCC1O. The van der Waals surface area contributed by atoms with Crippen LogP contribution in [-0.2, 0) is 0 Å². The first-order valence-electron chi connectivity index (χ1n) is 7.69. The van der Waals surface area contributed by atoms with Gasteiger partial charge in [0.2, 0.25) is 0 Å². The molecule has 1 aliphatic heterocycles. The second-order valence-corrected chi connectivity index (χ2v) is 6.16. The first-order chi connectivity index (χ1) is 8.27. The van der Waals surface area contributed by atoms with Gasteiger partial charge in [-0.15, -0.1) is 0 Å². The molecule has 3 atom stereocenters. The molecule has 2 nitrogen and oxygen atoms in total. The van der Waals surface area contributed by atoms with Crippen molar-refractivity contribution >= 4 is 0 Å². The van der Waals surface area contributed by atoms with Gasteiger partial charge in [0.25, 0.3) is 0 Å². The maximum Gasteiger partial charge on any atom is 0.0580 e. The molecular weight excluding hydrogens is 210 g/mol. The van der Waals surface area contributed by atoms with Crippen molar-refractivity contribution in [3.63, 3.8) is 0 Å². The molecule has 0 aromatic heterocycles. The van der Waals surface area contributed by atoms with Crippen molar-refractivity contribution < 1.29 is 5.11 Å². The van der Waals surface area contributed by atoms with E-state index in [0.29, 0.717) is 5.92 Å². The van der Waals surface area contributed by atoms with Crippen molar-refractivity contribution in [2.75, 3.05) is 13.1 Å². The van der Waals surface area contributed by atoms with Crippen LogP contribution >= 0.6 is 0 Å². The average Bonchev–Trinajstić information content (AvgIpc) is 2.63. The summed E-state index contributed by atoms with van der Waals surface area (Å²) in [7, 11) is 0. The number of rotatable bonds is 2. The maximum atomic E-state index is 10.2. The highest BCUT2D eigenvalue weighted by molar-refractivity contribution is 4.80. The molecule has 2 heteroatoms. The van der Waals surface area contributed by atoms with E-state index in [9.17, 15) is 5.11 Å². The van der Waals surface area contributed by atoms with Crippen LogP contribution in [0.25, 0.3) is 0 Å².